The van der Waals surface area contributed by atoms with Crippen LogP contribution in [0, 0.1) is 0 Å². The lowest BCUT2D eigenvalue weighted by Crippen LogP contribution is -2.45. The number of benzene rings is 3. The van der Waals surface area contributed by atoms with Gasteiger partial charge in [0.05, 0.1) is 17.1 Å². The smallest absolute Gasteiger partial charge is 0.0875 e. The Balaban J connectivity index is 1.24. The van der Waals surface area contributed by atoms with Crippen LogP contribution in [0.2, 0.25) is 0 Å². The molecular weight excluding hydrogens is 456 g/mol. The van der Waals surface area contributed by atoms with Gasteiger partial charge in [-0.15, -0.1) is 0 Å². The number of nitrogens with zero attached hydrogens (tertiary/aromatic N) is 4. The molecule has 4 nitrogen and oxygen atoms in total. The molecule has 0 unspecified atom stereocenters. The van der Waals surface area contributed by atoms with Gasteiger partial charge in [-0.05, 0) is 61.0 Å². The average Bonchev–Trinajstić information content (AvgIpc) is 3.06. The first-order valence-electron chi connectivity index (χ1n) is 12.1. The second-order valence-electron chi connectivity index (χ2n) is 8.82. The van der Waals surface area contributed by atoms with E-state index in [0.29, 0.717) is 0 Å². The van der Waals surface area contributed by atoms with E-state index in [1.54, 1.807) is 11.8 Å². The highest BCUT2D eigenvalue weighted by atomic mass is 32.2. The van der Waals surface area contributed by atoms with Crippen molar-refractivity contribution in [3.05, 3.63) is 84.4 Å². The quantitative estimate of drug-likeness (QED) is 0.376. The number of para-hydroxylation sites is 2. The lowest BCUT2D eigenvalue weighted by molar-refractivity contribution is 0.161. The molecule has 0 bridgehead atoms. The third-order valence-corrected chi connectivity index (χ3v) is 8.45. The second kappa shape index (κ2) is 11.5. The molecule has 0 aromatic heterocycles. The zero-order valence-electron chi connectivity index (χ0n) is 19.8. The van der Waals surface area contributed by atoms with Gasteiger partial charge in [0.1, 0.15) is 0 Å². The first kappa shape index (κ1) is 23.5. The Morgan fingerprint density at radius 2 is 1.47 bits per heavy atom. The molecule has 0 amide bonds. The van der Waals surface area contributed by atoms with Crippen LogP contribution in [0.3, 0.4) is 0 Å². The van der Waals surface area contributed by atoms with E-state index in [1.807, 2.05) is 11.9 Å². The molecule has 3 aromatic carbocycles. The number of likely N-dealkylation sites (N-methyl/N-ethyl adjacent to an activating group) is 1. The molecule has 3 aromatic rings. The van der Waals surface area contributed by atoms with Crippen molar-refractivity contribution in [3.63, 3.8) is 0 Å². The van der Waals surface area contributed by atoms with Crippen LogP contribution in [-0.2, 0) is 0 Å². The fourth-order valence-corrected chi connectivity index (χ4v) is 6.25. The largest absolute Gasteiger partial charge is 0.314 e. The number of hydrogen-bond donors (Lipinski definition) is 0. The van der Waals surface area contributed by atoms with E-state index < -0.39 is 0 Å². The summed E-state index contributed by atoms with van der Waals surface area (Å²) >= 11 is 3.75. The predicted octanol–water partition coefficient (Wildman–Crippen LogP) is 6.06. The van der Waals surface area contributed by atoms with Gasteiger partial charge in [-0.1, -0.05) is 54.2 Å². The minimum absolute atomic E-state index is 0.946. The van der Waals surface area contributed by atoms with Gasteiger partial charge >= 0.3 is 0 Å². The first-order valence-corrected chi connectivity index (χ1v) is 13.8. The third-order valence-electron chi connectivity index (χ3n) is 6.37. The summed E-state index contributed by atoms with van der Waals surface area (Å²) in [7, 11) is 2.22. The Labute approximate surface area is 212 Å². The summed E-state index contributed by atoms with van der Waals surface area (Å²) in [6, 6.07) is 28.0. The number of aliphatic imine (C=N–C) groups is 1. The Bertz CT molecular complexity index is 1090. The molecular formula is C28H32N4S2. The van der Waals surface area contributed by atoms with E-state index >= 15 is 0 Å². The van der Waals surface area contributed by atoms with Gasteiger partial charge in [0, 0.05) is 61.2 Å². The molecule has 1 fully saturated rings. The Kier molecular flexibility index (Phi) is 7.91. The molecule has 2 aliphatic rings. The van der Waals surface area contributed by atoms with Crippen LogP contribution in [0.15, 0.2) is 93.6 Å². The molecule has 0 aliphatic carbocycles. The fourth-order valence-electron chi connectivity index (χ4n) is 4.33. The van der Waals surface area contributed by atoms with E-state index in [4.69, 9.17) is 4.99 Å². The number of fused-ring (bicyclic) bond motifs is 1. The highest BCUT2D eigenvalue weighted by Gasteiger charge is 2.19. The van der Waals surface area contributed by atoms with Gasteiger partial charge in [0.25, 0.3) is 0 Å². The Hall–Kier alpha value is -2.25. The van der Waals surface area contributed by atoms with Crippen LogP contribution < -0.4 is 4.31 Å². The number of anilines is 1. The molecule has 176 valence electrons. The summed E-state index contributed by atoms with van der Waals surface area (Å²) in [6.07, 6.45) is 0.946. The SMILES string of the molecule is CN1CCN(CCSN2CCC(c3ccc(Sc4ccccc4)cc3)=Nc3ccccc32)CC1. The van der Waals surface area contributed by atoms with E-state index in [0.717, 1.165) is 31.0 Å². The summed E-state index contributed by atoms with van der Waals surface area (Å²) in [6.45, 7) is 6.84. The molecule has 5 rings (SSSR count). The molecule has 6 heteroatoms. The maximum atomic E-state index is 5.12. The van der Waals surface area contributed by atoms with Gasteiger partial charge < -0.3 is 9.21 Å². The molecule has 0 radical (unpaired) electrons. The average molecular weight is 489 g/mol. The van der Waals surface area contributed by atoms with Crippen LogP contribution in [-0.4, -0.2) is 67.6 Å². The third kappa shape index (κ3) is 6.05. The van der Waals surface area contributed by atoms with Gasteiger partial charge in [0.15, 0.2) is 0 Å². The normalized spacial score (nSPS) is 17.2. The minimum atomic E-state index is 0.946. The van der Waals surface area contributed by atoms with E-state index in [2.05, 4.69) is 100 Å². The minimum Gasteiger partial charge on any atom is -0.314 e. The molecule has 0 N–H and O–H groups in total. The second-order valence-corrected chi connectivity index (χ2v) is 11.1. The van der Waals surface area contributed by atoms with Gasteiger partial charge in [-0.25, -0.2) is 0 Å². The van der Waals surface area contributed by atoms with Crippen LogP contribution in [0.5, 0.6) is 0 Å². The van der Waals surface area contributed by atoms with E-state index in [9.17, 15) is 0 Å². The van der Waals surface area contributed by atoms with Crippen LogP contribution in [0.4, 0.5) is 11.4 Å². The van der Waals surface area contributed by atoms with Crippen molar-refractivity contribution in [2.45, 2.75) is 16.2 Å². The van der Waals surface area contributed by atoms with Crippen molar-refractivity contribution in [3.8, 4) is 0 Å². The predicted molar refractivity (Wildman–Crippen MR) is 148 cm³/mol. The summed E-state index contributed by atoms with van der Waals surface area (Å²) in [5.74, 6) is 1.11. The molecule has 34 heavy (non-hydrogen) atoms. The molecule has 0 saturated carbocycles. The highest BCUT2D eigenvalue weighted by Crippen LogP contribution is 2.36. The van der Waals surface area contributed by atoms with Gasteiger partial charge in [0.2, 0.25) is 0 Å². The van der Waals surface area contributed by atoms with Gasteiger partial charge in [-0.2, -0.15) is 0 Å². The zero-order valence-corrected chi connectivity index (χ0v) is 21.4. The molecule has 0 spiro atoms. The Morgan fingerprint density at radius 1 is 0.765 bits per heavy atom. The summed E-state index contributed by atoms with van der Waals surface area (Å²) in [5, 5.41) is 0. The van der Waals surface area contributed by atoms with Crippen LogP contribution >= 0.6 is 23.7 Å². The fraction of sp³-hybridized carbons (Fsp3) is 0.321. The molecule has 0 atom stereocenters. The summed E-state index contributed by atoms with van der Waals surface area (Å²) in [5.41, 5.74) is 4.70. The van der Waals surface area contributed by atoms with E-state index in [-0.39, 0.29) is 0 Å². The monoisotopic (exact) mass is 488 g/mol. The van der Waals surface area contributed by atoms with E-state index in [1.165, 1.54) is 52.9 Å². The van der Waals surface area contributed by atoms with Crippen molar-refractivity contribution in [2.24, 2.45) is 4.99 Å². The zero-order chi connectivity index (χ0) is 23.2. The standard InChI is InChI=1S/C28H32N4S2/c1-30-17-19-31(20-18-30)21-22-33-32-16-15-26(29-27-9-5-6-10-28(27)32)23-11-13-25(14-12-23)34-24-7-3-2-4-8-24/h2-14H,15-22H2,1H3. The summed E-state index contributed by atoms with van der Waals surface area (Å²) < 4.78 is 2.46. The number of piperazine rings is 1. The van der Waals surface area contributed by atoms with Crippen molar-refractivity contribution < 1.29 is 0 Å². The Morgan fingerprint density at radius 3 is 2.26 bits per heavy atom. The maximum absolute atomic E-state index is 5.12. The van der Waals surface area contributed by atoms with Crippen molar-refractivity contribution in [2.75, 3.05) is 56.4 Å². The first-order chi connectivity index (χ1) is 16.7. The van der Waals surface area contributed by atoms with Crippen molar-refractivity contribution >= 4 is 40.8 Å². The molecule has 1 saturated heterocycles. The van der Waals surface area contributed by atoms with Crippen LogP contribution in [0.1, 0.15) is 12.0 Å². The summed E-state index contributed by atoms with van der Waals surface area (Å²) in [4.78, 5) is 12.6. The number of hydrogen-bond acceptors (Lipinski definition) is 6. The van der Waals surface area contributed by atoms with Crippen LogP contribution in [0.25, 0.3) is 0 Å². The molecule has 2 heterocycles. The number of rotatable bonds is 7. The van der Waals surface area contributed by atoms with Crippen molar-refractivity contribution in [1.82, 2.24) is 9.80 Å². The molecule has 2 aliphatic heterocycles. The van der Waals surface area contributed by atoms with Crippen molar-refractivity contribution in [1.29, 1.82) is 0 Å². The van der Waals surface area contributed by atoms with Gasteiger partial charge in [-0.3, -0.25) is 9.89 Å². The highest BCUT2D eigenvalue weighted by molar-refractivity contribution is 8.00. The maximum Gasteiger partial charge on any atom is 0.0875 e. The topological polar surface area (TPSA) is 22.1 Å². The lowest BCUT2D eigenvalue weighted by Gasteiger charge is -2.32. The lowest BCUT2D eigenvalue weighted by atomic mass is 10.1.